The van der Waals surface area contributed by atoms with E-state index in [0.29, 0.717) is 41.9 Å². The van der Waals surface area contributed by atoms with Gasteiger partial charge in [0.15, 0.2) is 6.29 Å². The minimum Gasteiger partial charge on any atom is -0.756 e. The molecule has 248 valence electrons. The fourth-order valence-electron chi connectivity index (χ4n) is 10.2. The zero-order valence-corrected chi connectivity index (χ0v) is 30.9. The number of phosphoric ester groups is 1. The van der Waals surface area contributed by atoms with Gasteiger partial charge in [-0.3, -0.25) is 9.09 Å². The van der Waals surface area contributed by atoms with E-state index in [-0.39, 0.29) is 35.0 Å². The number of hydrogen-bond acceptors (Lipinski definition) is 9. The average Bonchev–Trinajstić information content (AvgIpc) is 3.27. The van der Waals surface area contributed by atoms with Crippen LogP contribution in [0.2, 0.25) is 0 Å². The van der Waals surface area contributed by atoms with Crippen LogP contribution in [0.4, 0.5) is 0 Å². The second kappa shape index (κ2) is 13.9. The SMILES string of the molecule is C[C@H](CCCC(C)(C)O)[C@H]1CC[C@H]2[C@@H]3CC=C4C[C@@H](OP(=O)([O-])O[C@H]5O[C@@H](C)[C@@H](O)[C@@H](O)[C@@H]5O)CC[C@]4(C)[C@H]3CC[C@]12C.[Na+]. The fraction of sp³-hybridized carbons (Fsp3) is 0.939. The van der Waals surface area contributed by atoms with Crippen molar-refractivity contribution in [1.29, 1.82) is 0 Å². The molecule has 11 heteroatoms. The van der Waals surface area contributed by atoms with E-state index in [1.54, 1.807) is 0 Å². The molecule has 9 nitrogen and oxygen atoms in total. The van der Waals surface area contributed by atoms with Crippen molar-refractivity contribution in [3.05, 3.63) is 11.6 Å². The summed E-state index contributed by atoms with van der Waals surface area (Å²) in [4.78, 5) is 12.9. The van der Waals surface area contributed by atoms with Crippen LogP contribution < -0.4 is 34.5 Å². The van der Waals surface area contributed by atoms with Crippen molar-refractivity contribution in [1.82, 2.24) is 0 Å². The molecule has 5 rings (SSSR count). The van der Waals surface area contributed by atoms with Crippen LogP contribution >= 0.6 is 7.82 Å². The summed E-state index contributed by atoms with van der Waals surface area (Å²) in [5.41, 5.74) is 1.09. The van der Waals surface area contributed by atoms with Crippen molar-refractivity contribution in [2.75, 3.05) is 0 Å². The number of ether oxygens (including phenoxy) is 1. The molecule has 0 aromatic heterocycles. The third kappa shape index (κ3) is 7.45. The van der Waals surface area contributed by atoms with Gasteiger partial charge in [0.05, 0.1) is 17.8 Å². The van der Waals surface area contributed by atoms with Crippen LogP contribution in [0, 0.1) is 40.4 Å². The van der Waals surface area contributed by atoms with Gasteiger partial charge >= 0.3 is 29.6 Å². The van der Waals surface area contributed by atoms with Crippen LogP contribution in [-0.4, -0.2) is 62.8 Å². The molecule has 3 saturated carbocycles. The summed E-state index contributed by atoms with van der Waals surface area (Å²) in [7, 11) is -4.86. The van der Waals surface area contributed by atoms with Crippen LogP contribution in [0.3, 0.4) is 0 Å². The fourth-order valence-corrected chi connectivity index (χ4v) is 11.2. The van der Waals surface area contributed by atoms with Crippen molar-refractivity contribution >= 4 is 7.82 Å². The van der Waals surface area contributed by atoms with E-state index in [9.17, 15) is 29.9 Å². The van der Waals surface area contributed by atoms with Gasteiger partial charge in [0, 0.05) is 0 Å². The Bertz CT molecular complexity index is 1080. The van der Waals surface area contributed by atoms with Gasteiger partial charge in [-0.15, -0.1) is 0 Å². The van der Waals surface area contributed by atoms with E-state index in [1.807, 2.05) is 13.8 Å². The van der Waals surface area contributed by atoms with Gasteiger partial charge in [-0.05, 0) is 119 Å². The zero-order valence-electron chi connectivity index (χ0n) is 28.0. The number of rotatable bonds is 9. The maximum absolute atomic E-state index is 12.9. The smallest absolute Gasteiger partial charge is 0.756 e. The molecular formula is C33H56NaO9P. The standard InChI is InChI=1S/C33H57O9P.Na/c1-19(8-7-15-31(3,4)37)24-11-12-25-23-10-9-21-18-22(13-16-32(21,5)26(23)14-17-33(24,25)6)41-43(38,39)42-30-29(36)28(35)27(34)20(2)40-30;/h9,19-20,22-30,34-37H,7-8,10-18H2,1-6H3,(H,38,39);/q;+1/p-1/t19-,20+,22+,23+,24-,25+,26+,27-,28-,29+,30-,32+,33-;/m1./s1. The molecule has 4 fully saturated rings. The Morgan fingerprint density at radius 1 is 1.07 bits per heavy atom. The summed E-state index contributed by atoms with van der Waals surface area (Å²) in [5, 5.41) is 40.3. The van der Waals surface area contributed by atoms with Gasteiger partial charge in [-0.2, -0.15) is 0 Å². The van der Waals surface area contributed by atoms with Crippen LogP contribution in [0.1, 0.15) is 112 Å². The summed E-state index contributed by atoms with van der Waals surface area (Å²) in [6.45, 7) is 12.7. The molecule has 4 N–H and O–H groups in total. The summed E-state index contributed by atoms with van der Waals surface area (Å²) in [6.07, 6.45) is 5.78. The Balaban J connectivity index is 0.00000442. The predicted molar refractivity (Wildman–Crippen MR) is 160 cm³/mol. The summed E-state index contributed by atoms with van der Waals surface area (Å²) in [6, 6.07) is 0. The first-order chi connectivity index (χ1) is 19.9. The third-order valence-electron chi connectivity index (χ3n) is 12.6. The maximum Gasteiger partial charge on any atom is 1.00 e. The molecule has 0 aromatic carbocycles. The van der Waals surface area contributed by atoms with Gasteiger partial charge in [-0.25, -0.2) is 0 Å². The molecule has 1 aliphatic heterocycles. The number of hydrogen-bond donors (Lipinski definition) is 4. The minimum absolute atomic E-state index is 0. The first-order valence-corrected chi connectivity index (χ1v) is 18.2. The Morgan fingerprint density at radius 2 is 1.77 bits per heavy atom. The molecule has 0 radical (unpaired) electrons. The third-order valence-corrected chi connectivity index (χ3v) is 13.6. The second-order valence-corrected chi connectivity index (χ2v) is 17.2. The summed E-state index contributed by atoms with van der Waals surface area (Å²) in [5.74, 6) is 3.35. The maximum atomic E-state index is 12.9. The second-order valence-electron chi connectivity index (χ2n) is 15.9. The summed E-state index contributed by atoms with van der Waals surface area (Å²) < 4.78 is 28.7. The number of fused-ring (bicyclic) bond motifs is 5. The van der Waals surface area contributed by atoms with Gasteiger partial charge in [0.1, 0.15) is 18.3 Å². The number of aliphatic hydroxyl groups excluding tert-OH is 3. The number of allylic oxidation sites excluding steroid dienone is 1. The molecule has 5 aliphatic rings. The first-order valence-electron chi connectivity index (χ1n) is 16.7. The van der Waals surface area contributed by atoms with Crippen molar-refractivity contribution in [3.8, 4) is 0 Å². The van der Waals surface area contributed by atoms with Crippen LogP contribution in [-0.2, 0) is 18.3 Å². The molecule has 0 bridgehead atoms. The van der Waals surface area contributed by atoms with Gasteiger partial charge in [0.25, 0.3) is 7.82 Å². The number of phosphoric acid groups is 1. The largest absolute Gasteiger partial charge is 1.00 e. The normalized spacial score (nSPS) is 46.0. The molecule has 1 unspecified atom stereocenters. The van der Waals surface area contributed by atoms with Gasteiger partial charge in [-0.1, -0.05) is 45.3 Å². The Labute approximate surface area is 286 Å². The van der Waals surface area contributed by atoms with E-state index in [4.69, 9.17) is 13.8 Å². The van der Waals surface area contributed by atoms with Crippen LogP contribution in [0.15, 0.2) is 11.6 Å². The zero-order chi connectivity index (χ0) is 31.5. The van der Waals surface area contributed by atoms with Crippen molar-refractivity contribution in [3.63, 3.8) is 0 Å². The minimum atomic E-state index is -4.86. The monoisotopic (exact) mass is 650 g/mol. The Kier molecular flexibility index (Phi) is 11.8. The quantitative estimate of drug-likeness (QED) is 0.167. The first kappa shape index (κ1) is 37.5. The van der Waals surface area contributed by atoms with E-state index in [0.717, 1.165) is 31.6 Å². The van der Waals surface area contributed by atoms with Crippen molar-refractivity contribution < 1.29 is 73.2 Å². The van der Waals surface area contributed by atoms with E-state index < -0.39 is 50.2 Å². The molecule has 14 atom stereocenters. The topological polar surface area (TPSA) is 149 Å². The molecule has 0 amide bonds. The van der Waals surface area contributed by atoms with Crippen molar-refractivity contribution in [2.45, 2.75) is 155 Å². The van der Waals surface area contributed by atoms with Gasteiger partial charge in [0.2, 0.25) is 0 Å². The Morgan fingerprint density at radius 3 is 2.45 bits per heavy atom. The van der Waals surface area contributed by atoms with E-state index in [2.05, 4.69) is 26.8 Å². The predicted octanol–water partition coefficient (Wildman–Crippen LogP) is 1.84. The molecule has 1 heterocycles. The molecule has 0 spiro atoms. The number of aliphatic hydroxyl groups is 4. The molecule has 0 aromatic rings. The average molecular weight is 651 g/mol. The van der Waals surface area contributed by atoms with Gasteiger partial charge < -0.3 is 34.6 Å². The van der Waals surface area contributed by atoms with E-state index >= 15 is 0 Å². The molecule has 44 heavy (non-hydrogen) atoms. The van der Waals surface area contributed by atoms with E-state index in [1.165, 1.54) is 44.6 Å². The molecule has 4 aliphatic carbocycles. The molecular weight excluding hydrogens is 594 g/mol. The van der Waals surface area contributed by atoms with Crippen LogP contribution in [0.25, 0.3) is 0 Å². The summed E-state index contributed by atoms with van der Waals surface area (Å²) >= 11 is 0. The van der Waals surface area contributed by atoms with Crippen molar-refractivity contribution in [2.24, 2.45) is 40.4 Å². The Hall–Kier alpha value is 0.650. The van der Waals surface area contributed by atoms with Crippen LogP contribution in [0.5, 0.6) is 0 Å². The molecule has 1 saturated heterocycles.